The summed E-state index contributed by atoms with van der Waals surface area (Å²) < 4.78 is 10.4. The number of hydrogen-bond donors (Lipinski definition) is 2. The molecule has 1 aromatic rings. The second-order valence-corrected chi connectivity index (χ2v) is 3.29. The SMILES string of the molecule is COc1ccc(OC)c([C@H](N)CCN)c1. The van der Waals surface area contributed by atoms with Gasteiger partial charge >= 0.3 is 0 Å². The first-order chi connectivity index (χ1) is 7.22. The third kappa shape index (κ3) is 2.84. The van der Waals surface area contributed by atoms with E-state index < -0.39 is 0 Å². The molecule has 0 amide bonds. The largest absolute Gasteiger partial charge is 0.497 e. The predicted octanol–water partition coefficient (Wildman–Crippen LogP) is 1.05. The summed E-state index contributed by atoms with van der Waals surface area (Å²) in [6.07, 6.45) is 0.726. The van der Waals surface area contributed by atoms with Crippen molar-refractivity contribution in [3.63, 3.8) is 0 Å². The lowest BCUT2D eigenvalue weighted by molar-refractivity contribution is 0.394. The van der Waals surface area contributed by atoms with Gasteiger partial charge in [0.15, 0.2) is 0 Å². The molecule has 0 aliphatic carbocycles. The van der Waals surface area contributed by atoms with E-state index in [1.54, 1.807) is 14.2 Å². The highest BCUT2D eigenvalue weighted by molar-refractivity contribution is 5.42. The number of rotatable bonds is 5. The Morgan fingerprint density at radius 2 is 2.00 bits per heavy atom. The Morgan fingerprint density at radius 3 is 2.53 bits per heavy atom. The lowest BCUT2D eigenvalue weighted by Crippen LogP contribution is -2.16. The summed E-state index contributed by atoms with van der Waals surface area (Å²) in [6, 6.07) is 5.47. The quantitative estimate of drug-likeness (QED) is 0.762. The van der Waals surface area contributed by atoms with Gasteiger partial charge in [-0.3, -0.25) is 0 Å². The monoisotopic (exact) mass is 210 g/mol. The minimum Gasteiger partial charge on any atom is -0.497 e. The molecule has 1 aromatic carbocycles. The first-order valence-electron chi connectivity index (χ1n) is 4.90. The van der Waals surface area contributed by atoms with E-state index in [0.29, 0.717) is 6.54 Å². The summed E-state index contributed by atoms with van der Waals surface area (Å²) in [4.78, 5) is 0. The molecule has 1 atom stereocenters. The standard InChI is InChI=1S/C11H18N2O2/c1-14-8-3-4-11(15-2)9(7-8)10(13)5-6-12/h3-4,7,10H,5-6,12-13H2,1-2H3/t10-/m1/s1. The molecule has 84 valence electrons. The highest BCUT2D eigenvalue weighted by atomic mass is 16.5. The van der Waals surface area contributed by atoms with Crippen molar-refractivity contribution >= 4 is 0 Å². The molecule has 0 aromatic heterocycles. The fraction of sp³-hybridized carbons (Fsp3) is 0.455. The van der Waals surface area contributed by atoms with Gasteiger partial charge in [-0.2, -0.15) is 0 Å². The van der Waals surface area contributed by atoms with E-state index in [1.165, 1.54) is 0 Å². The molecule has 0 unspecified atom stereocenters. The Kier molecular flexibility index (Phi) is 4.39. The molecule has 0 heterocycles. The Balaban J connectivity index is 3.00. The molecule has 0 saturated heterocycles. The first-order valence-corrected chi connectivity index (χ1v) is 4.90. The van der Waals surface area contributed by atoms with Crippen LogP contribution in [0.25, 0.3) is 0 Å². The molecule has 0 radical (unpaired) electrons. The third-order valence-electron chi connectivity index (χ3n) is 2.31. The van der Waals surface area contributed by atoms with Gasteiger partial charge in [0.2, 0.25) is 0 Å². The van der Waals surface area contributed by atoms with E-state index in [-0.39, 0.29) is 6.04 Å². The highest BCUT2D eigenvalue weighted by Crippen LogP contribution is 2.29. The Bertz CT molecular complexity index is 315. The highest BCUT2D eigenvalue weighted by Gasteiger charge is 2.12. The van der Waals surface area contributed by atoms with Crippen molar-refractivity contribution in [1.82, 2.24) is 0 Å². The molecule has 0 fully saturated rings. The maximum Gasteiger partial charge on any atom is 0.123 e. The molecule has 0 saturated carbocycles. The van der Waals surface area contributed by atoms with E-state index in [4.69, 9.17) is 20.9 Å². The van der Waals surface area contributed by atoms with Gasteiger partial charge in [0, 0.05) is 11.6 Å². The van der Waals surface area contributed by atoms with E-state index in [1.807, 2.05) is 18.2 Å². The molecule has 0 aliphatic heterocycles. The zero-order chi connectivity index (χ0) is 11.3. The van der Waals surface area contributed by atoms with Crippen LogP contribution in [-0.2, 0) is 0 Å². The van der Waals surface area contributed by atoms with Crippen molar-refractivity contribution in [2.75, 3.05) is 20.8 Å². The van der Waals surface area contributed by atoms with E-state index in [9.17, 15) is 0 Å². The fourth-order valence-electron chi connectivity index (χ4n) is 1.46. The normalized spacial score (nSPS) is 12.3. The topological polar surface area (TPSA) is 70.5 Å². The number of nitrogens with two attached hydrogens (primary N) is 2. The van der Waals surface area contributed by atoms with Gasteiger partial charge in [-0.05, 0) is 31.2 Å². The molecule has 4 heteroatoms. The van der Waals surface area contributed by atoms with Crippen LogP contribution < -0.4 is 20.9 Å². The van der Waals surface area contributed by atoms with Crippen LogP contribution in [0.4, 0.5) is 0 Å². The fourth-order valence-corrected chi connectivity index (χ4v) is 1.46. The van der Waals surface area contributed by atoms with Gasteiger partial charge in [-0.15, -0.1) is 0 Å². The third-order valence-corrected chi connectivity index (χ3v) is 2.31. The summed E-state index contributed by atoms with van der Waals surface area (Å²) in [5.74, 6) is 1.55. The van der Waals surface area contributed by atoms with Crippen LogP contribution in [0.2, 0.25) is 0 Å². The van der Waals surface area contributed by atoms with E-state index in [0.717, 1.165) is 23.5 Å². The molecule has 4 N–H and O–H groups in total. The van der Waals surface area contributed by atoms with Crippen LogP contribution >= 0.6 is 0 Å². The van der Waals surface area contributed by atoms with Gasteiger partial charge in [-0.1, -0.05) is 0 Å². The van der Waals surface area contributed by atoms with Crippen LogP contribution in [-0.4, -0.2) is 20.8 Å². The minimum atomic E-state index is -0.111. The summed E-state index contributed by atoms with van der Waals surface area (Å²) >= 11 is 0. The van der Waals surface area contributed by atoms with E-state index >= 15 is 0 Å². The van der Waals surface area contributed by atoms with Crippen molar-refractivity contribution in [3.05, 3.63) is 23.8 Å². The smallest absolute Gasteiger partial charge is 0.123 e. The van der Waals surface area contributed by atoms with Crippen LogP contribution in [0.15, 0.2) is 18.2 Å². The van der Waals surface area contributed by atoms with E-state index in [2.05, 4.69) is 0 Å². The van der Waals surface area contributed by atoms with Crippen molar-refractivity contribution < 1.29 is 9.47 Å². The maximum absolute atomic E-state index is 5.99. The zero-order valence-corrected chi connectivity index (χ0v) is 9.19. The van der Waals surface area contributed by atoms with Crippen LogP contribution in [0.1, 0.15) is 18.0 Å². The molecule has 0 aliphatic rings. The molecular formula is C11H18N2O2. The molecule has 1 rings (SSSR count). The van der Waals surface area contributed by atoms with Gasteiger partial charge in [0.1, 0.15) is 11.5 Å². The number of methoxy groups -OCH3 is 2. The van der Waals surface area contributed by atoms with Crippen LogP contribution in [0.3, 0.4) is 0 Å². The molecule has 4 nitrogen and oxygen atoms in total. The zero-order valence-electron chi connectivity index (χ0n) is 9.19. The second-order valence-electron chi connectivity index (χ2n) is 3.29. The van der Waals surface area contributed by atoms with Crippen molar-refractivity contribution in [2.24, 2.45) is 11.5 Å². The minimum absolute atomic E-state index is 0.111. The van der Waals surface area contributed by atoms with Crippen LogP contribution in [0.5, 0.6) is 11.5 Å². The summed E-state index contributed by atoms with van der Waals surface area (Å²) in [7, 11) is 3.25. The number of hydrogen-bond acceptors (Lipinski definition) is 4. The molecule has 0 bridgehead atoms. The predicted molar refractivity (Wildman–Crippen MR) is 60.1 cm³/mol. The Morgan fingerprint density at radius 1 is 1.27 bits per heavy atom. The Labute approximate surface area is 90.2 Å². The van der Waals surface area contributed by atoms with Gasteiger partial charge in [-0.25, -0.2) is 0 Å². The van der Waals surface area contributed by atoms with Crippen LogP contribution in [0, 0.1) is 0 Å². The summed E-state index contributed by atoms with van der Waals surface area (Å²) in [5, 5.41) is 0. The average Bonchev–Trinajstić information content (AvgIpc) is 2.28. The van der Waals surface area contributed by atoms with Crippen molar-refractivity contribution in [3.8, 4) is 11.5 Å². The number of benzene rings is 1. The van der Waals surface area contributed by atoms with Crippen molar-refractivity contribution in [2.45, 2.75) is 12.5 Å². The maximum atomic E-state index is 5.99. The second kappa shape index (κ2) is 5.58. The summed E-state index contributed by atoms with van der Waals surface area (Å²) in [6.45, 7) is 0.557. The lowest BCUT2D eigenvalue weighted by Gasteiger charge is -2.15. The Hall–Kier alpha value is -1.26. The van der Waals surface area contributed by atoms with Gasteiger partial charge in [0.05, 0.1) is 14.2 Å². The summed E-state index contributed by atoms with van der Waals surface area (Å²) in [5.41, 5.74) is 12.4. The molecule has 15 heavy (non-hydrogen) atoms. The molecular weight excluding hydrogens is 192 g/mol. The van der Waals surface area contributed by atoms with Gasteiger partial charge in [0.25, 0.3) is 0 Å². The van der Waals surface area contributed by atoms with Gasteiger partial charge < -0.3 is 20.9 Å². The number of ether oxygens (including phenoxy) is 2. The van der Waals surface area contributed by atoms with Crippen molar-refractivity contribution in [1.29, 1.82) is 0 Å². The first kappa shape index (κ1) is 11.8. The lowest BCUT2D eigenvalue weighted by atomic mass is 10.0. The average molecular weight is 210 g/mol. The molecule has 0 spiro atoms.